The minimum Gasteiger partial charge on any atom is -0.452 e. The molecule has 0 atom stereocenters. The van der Waals surface area contributed by atoms with Crippen LogP contribution < -0.4 is 0 Å². The molecule has 0 saturated heterocycles. The van der Waals surface area contributed by atoms with E-state index in [0.29, 0.717) is 12.3 Å². The molecule has 10 heteroatoms. The first-order valence-electron chi connectivity index (χ1n) is 7.61. The van der Waals surface area contributed by atoms with E-state index in [9.17, 15) is 13.2 Å². The van der Waals surface area contributed by atoms with E-state index in [1.165, 1.54) is 32.3 Å². The molecule has 0 radical (unpaired) electrons. The molecule has 0 bridgehead atoms. The van der Waals surface area contributed by atoms with E-state index in [4.69, 9.17) is 13.6 Å². The van der Waals surface area contributed by atoms with Gasteiger partial charge in [-0.15, -0.1) is 0 Å². The maximum absolute atomic E-state index is 12.0. The molecule has 0 aliphatic heterocycles. The second-order valence-corrected chi connectivity index (χ2v) is 7.64. The Morgan fingerprint density at radius 1 is 1.19 bits per heavy atom. The summed E-state index contributed by atoms with van der Waals surface area (Å²) in [5, 5.41) is 3.84. The number of carbonyl (C=O) groups excluding carboxylic acids is 1. The van der Waals surface area contributed by atoms with Crippen molar-refractivity contribution in [2.75, 3.05) is 14.1 Å². The average molecular weight is 379 g/mol. The van der Waals surface area contributed by atoms with Gasteiger partial charge in [-0.25, -0.2) is 17.5 Å². The minimum atomic E-state index is -3.67. The van der Waals surface area contributed by atoms with Crippen molar-refractivity contribution in [2.24, 2.45) is 0 Å². The Balaban J connectivity index is 1.59. The number of furan rings is 2. The molecule has 26 heavy (non-hydrogen) atoms. The van der Waals surface area contributed by atoms with Crippen LogP contribution in [0, 0.1) is 0 Å². The molecule has 0 aliphatic rings. The van der Waals surface area contributed by atoms with Gasteiger partial charge in [-0.3, -0.25) is 4.68 Å². The smallest absolute Gasteiger partial charge is 0.374 e. The van der Waals surface area contributed by atoms with Gasteiger partial charge in [0, 0.05) is 26.5 Å². The van der Waals surface area contributed by atoms with Gasteiger partial charge in [-0.05, 0) is 30.3 Å². The summed E-state index contributed by atoms with van der Waals surface area (Å²) in [5.74, 6) is 0.130. The van der Waals surface area contributed by atoms with Crippen molar-refractivity contribution >= 4 is 16.0 Å². The lowest BCUT2D eigenvalue weighted by molar-refractivity contribution is 0.0402. The van der Waals surface area contributed by atoms with Crippen molar-refractivity contribution in [3.63, 3.8) is 0 Å². The summed E-state index contributed by atoms with van der Waals surface area (Å²) < 4.78 is 42.3. The largest absolute Gasteiger partial charge is 0.452 e. The normalized spacial score (nSPS) is 11.8. The van der Waals surface area contributed by atoms with Crippen LogP contribution in [0.2, 0.25) is 0 Å². The highest BCUT2D eigenvalue weighted by Gasteiger charge is 2.22. The maximum Gasteiger partial charge on any atom is 0.374 e. The van der Waals surface area contributed by atoms with Crippen LogP contribution in [0.25, 0.3) is 0 Å². The SMILES string of the molecule is CN(C)S(=O)(=O)c1ccc(COC(=O)c2ccc(Cn3cccn3)o2)o1. The van der Waals surface area contributed by atoms with Crippen LogP contribution >= 0.6 is 0 Å². The number of sulfonamides is 1. The fraction of sp³-hybridized carbons (Fsp3) is 0.250. The summed E-state index contributed by atoms with van der Waals surface area (Å²) in [6.07, 6.45) is 3.42. The molecule has 0 amide bonds. The van der Waals surface area contributed by atoms with Crippen LogP contribution in [0.5, 0.6) is 0 Å². The van der Waals surface area contributed by atoms with Crippen molar-refractivity contribution in [1.82, 2.24) is 14.1 Å². The van der Waals surface area contributed by atoms with E-state index in [-0.39, 0.29) is 23.2 Å². The molecule has 0 spiro atoms. The molecule has 3 heterocycles. The molecule has 3 aromatic heterocycles. The average Bonchev–Trinajstić information content (AvgIpc) is 3.34. The minimum absolute atomic E-state index is 0.0415. The van der Waals surface area contributed by atoms with Crippen molar-refractivity contribution in [3.05, 3.63) is 60.0 Å². The zero-order valence-corrected chi connectivity index (χ0v) is 15.0. The third kappa shape index (κ3) is 3.86. The zero-order valence-electron chi connectivity index (χ0n) is 14.2. The first-order valence-corrected chi connectivity index (χ1v) is 9.05. The molecule has 138 valence electrons. The van der Waals surface area contributed by atoms with E-state index in [0.717, 1.165) is 4.31 Å². The third-order valence-corrected chi connectivity index (χ3v) is 5.15. The van der Waals surface area contributed by atoms with Gasteiger partial charge in [0.1, 0.15) is 18.1 Å². The fourth-order valence-corrected chi connectivity index (χ4v) is 2.90. The quantitative estimate of drug-likeness (QED) is 0.575. The van der Waals surface area contributed by atoms with E-state index in [1.54, 1.807) is 29.2 Å². The Labute approximate surface area is 149 Å². The molecule has 3 aromatic rings. The number of carbonyl (C=O) groups is 1. The van der Waals surface area contributed by atoms with Crippen LogP contribution in [0.4, 0.5) is 0 Å². The number of rotatable bonds is 7. The van der Waals surface area contributed by atoms with Crippen molar-refractivity contribution in [2.45, 2.75) is 18.2 Å². The van der Waals surface area contributed by atoms with E-state index in [1.807, 2.05) is 0 Å². The highest BCUT2D eigenvalue weighted by atomic mass is 32.2. The standard InChI is InChI=1S/C16H17N3O6S/c1-18(2)26(21,22)15-7-5-13(25-15)11-23-16(20)14-6-4-12(24-14)10-19-9-3-8-17-19/h3-9H,10-11H2,1-2H3. The lowest BCUT2D eigenvalue weighted by Gasteiger charge is -2.07. The topological polar surface area (TPSA) is 108 Å². The van der Waals surface area contributed by atoms with Crippen LogP contribution in [0.15, 0.2) is 56.7 Å². The Morgan fingerprint density at radius 2 is 1.96 bits per heavy atom. The number of aromatic nitrogens is 2. The number of hydrogen-bond acceptors (Lipinski definition) is 7. The van der Waals surface area contributed by atoms with Crippen LogP contribution in [-0.4, -0.2) is 42.6 Å². The van der Waals surface area contributed by atoms with E-state index < -0.39 is 16.0 Å². The molecule has 3 rings (SSSR count). The molecule has 0 aromatic carbocycles. The van der Waals surface area contributed by atoms with Gasteiger partial charge in [0.25, 0.3) is 10.0 Å². The Bertz CT molecular complexity index is 985. The van der Waals surface area contributed by atoms with Gasteiger partial charge in [0.2, 0.25) is 10.9 Å². The third-order valence-electron chi connectivity index (χ3n) is 3.46. The molecule has 0 aliphatic carbocycles. The molecule has 0 fully saturated rings. The van der Waals surface area contributed by atoms with Crippen LogP contribution in [0.1, 0.15) is 22.1 Å². The van der Waals surface area contributed by atoms with Gasteiger partial charge in [0.05, 0.1) is 6.54 Å². The second-order valence-electron chi connectivity index (χ2n) is 5.55. The zero-order chi connectivity index (χ0) is 18.7. The molecule has 9 nitrogen and oxygen atoms in total. The predicted octanol–water partition coefficient (Wildman–Crippen LogP) is 1.72. The molecule has 0 saturated carbocycles. The Kier molecular flexibility index (Phi) is 4.96. The predicted molar refractivity (Wildman–Crippen MR) is 88.7 cm³/mol. The molecular weight excluding hydrogens is 362 g/mol. The number of esters is 1. The van der Waals surface area contributed by atoms with Gasteiger partial charge < -0.3 is 13.6 Å². The summed E-state index contributed by atoms with van der Waals surface area (Å²) in [6, 6.07) is 7.70. The monoisotopic (exact) mass is 379 g/mol. The number of nitrogens with zero attached hydrogens (tertiary/aromatic N) is 3. The first-order chi connectivity index (χ1) is 12.4. The summed E-state index contributed by atoms with van der Waals surface area (Å²) in [6.45, 7) is 0.182. The Hall–Kier alpha value is -2.85. The second kappa shape index (κ2) is 7.18. The molecular formula is C16H17N3O6S. The molecule has 0 N–H and O–H groups in total. The van der Waals surface area contributed by atoms with Gasteiger partial charge in [-0.1, -0.05) is 0 Å². The van der Waals surface area contributed by atoms with Gasteiger partial charge in [0.15, 0.2) is 0 Å². The first kappa shape index (κ1) is 18.0. The molecule has 0 unspecified atom stereocenters. The summed E-state index contributed by atoms with van der Waals surface area (Å²) in [4.78, 5) is 12.0. The number of ether oxygens (including phenoxy) is 1. The fourth-order valence-electron chi connectivity index (χ4n) is 2.09. The van der Waals surface area contributed by atoms with Crippen molar-refractivity contribution < 1.29 is 26.8 Å². The summed E-state index contributed by atoms with van der Waals surface area (Å²) in [5.41, 5.74) is 0. The highest BCUT2D eigenvalue weighted by Crippen LogP contribution is 2.18. The van der Waals surface area contributed by atoms with Gasteiger partial charge >= 0.3 is 5.97 Å². The lowest BCUT2D eigenvalue weighted by atomic mass is 10.4. The number of hydrogen-bond donors (Lipinski definition) is 0. The van der Waals surface area contributed by atoms with Crippen LogP contribution in [-0.2, 0) is 27.9 Å². The van der Waals surface area contributed by atoms with Gasteiger partial charge in [-0.2, -0.15) is 5.10 Å². The van der Waals surface area contributed by atoms with Crippen molar-refractivity contribution in [1.29, 1.82) is 0 Å². The van der Waals surface area contributed by atoms with E-state index >= 15 is 0 Å². The maximum atomic E-state index is 12.0. The summed E-state index contributed by atoms with van der Waals surface area (Å²) >= 11 is 0. The van der Waals surface area contributed by atoms with Crippen molar-refractivity contribution in [3.8, 4) is 0 Å². The summed E-state index contributed by atoms with van der Waals surface area (Å²) in [7, 11) is -0.873. The van der Waals surface area contributed by atoms with E-state index in [2.05, 4.69) is 5.10 Å². The highest BCUT2D eigenvalue weighted by molar-refractivity contribution is 7.88. The van der Waals surface area contributed by atoms with Crippen LogP contribution in [0.3, 0.4) is 0 Å². The lowest BCUT2D eigenvalue weighted by Crippen LogP contribution is -2.21. The Morgan fingerprint density at radius 3 is 2.65 bits per heavy atom.